The summed E-state index contributed by atoms with van der Waals surface area (Å²) in [6.45, 7) is 9.88. The zero-order chi connectivity index (χ0) is 35.6. The summed E-state index contributed by atoms with van der Waals surface area (Å²) in [6, 6.07) is 23.9. The first kappa shape index (κ1) is 35.5. The highest BCUT2D eigenvalue weighted by molar-refractivity contribution is 6.07. The van der Waals surface area contributed by atoms with Crippen LogP contribution in [0.25, 0.3) is 16.5 Å². The Balaban J connectivity index is 0.000000827. The highest BCUT2D eigenvalue weighted by atomic mass is 16.5. The van der Waals surface area contributed by atoms with Gasteiger partial charge in [-0.15, -0.1) is 4.99 Å². The van der Waals surface area contributed by atoms with Crippen LogP contribution >= 0.6 is 0 Å². The second-order valence-corrected chi connectivity index (χ2v) is 12.0. The molecule has 5 amide bonds. The fourth-order valence-electron chi connectivity index (χ4n) is 4.66. The van der Waals surface area contributed by atoms with Crippen molar-refractivity contribution < 1.29 is 23.9 Å². The first-order valence-corrected chi connectivity index (χ1v) is 15.3. The monoisotopic (exact) mass is 662 g/mol. The summed E-state index contributed by atoms with van der Waals surface area (Å²) >= 11 is 0. The lowest BCUT2D eigenvalue weighted by Crippen LogP contribution is -2.21. The van der Waals surface area contributed by atoms with Crippen molar-refractivity contribution >= 4 is 52.1 Å². The molecule has 0 spiro atoms. The van der Waals surface area contributed by atoms with Crippen LogP contribution in [0.15, 0.2) is 90.1 Å². The average molecular weight is 663 g/mol. The zero-order valence-corrected chi connectivity index (χ0v) is 27.9. The van der Waals surface area contributed by atoms with Gasteiger partial charge in [0, 0.05) is 41.8 Å². The molecule has 2 aromatic heterocycles. The third-order valence-corrected chi connectivity index (χ3v) is 7.06. The molecule has 5 rings (SSSR count). The van der Waals surface area contributed by atoms with E-state index in [2.05, 4.69) is 46.7 Å². The van der Waals surface area contributed by atoms with Crippen LogP contribution in [-0.4, -0.2) is 45.4 Å². The number of nitrogens with one attached hydrogen (secondary N) is 3. The molecule has 2 heterocycles. The Hall–Kier alpha value is -6.33. The van der Waals surface area contributed by atoms with Crippen LogP contribution in [0.2, 0.25) is 0 Å². The standard InChI is InChI=1S/C33H35N7O3.C3H3NO2/c1-21-9-11-23(12-10-21)40-30(20-28(39-40)33(2,3)4)38-32(42)36-26-13-14-27(25-8-6-5-7-24(25)26)43-18-16-22-15-17-35-29(19-22)37-31(34)41;1-3(6)4-2-5/h5-15,17,19-20H,16,18H2,1-4H3,(H2,36,38,42)(H3,34,35,37,41);1H3. The molecule has 13 nitrogen and oxygen atoms in total. The largest absolute Gasteiger partial charge is 0.493 e. The molecule has 0 bridgehead atoms. The Morgan fingerprint density at radius 1 is 0.939 bits per heavy atom. The van der Waals surface area contributed by atoms with Crippen LogP contribution in [0.4, 0.5) is 26.9 Å². The van der Waals surface area contributed by atoms with Crippen LogP contribution < -0.4 is 26.4 Å². The summed E-state index contributed by atoms with van der Waals surface area (Å²) < 4.78 is 7.89. The van der Waals surface area contributed by atoms with Gasteiger partial charge in [0.2, 0.25) is 6.08 Å². The third-order valence-electron chi connectivity index (χ3n) is 7.06. The zero-order valence-electron chi connectivity index (χ0n) is 27.9. The van der Waals surface area contributed by atoms with E-state index in [9.17, 15) is 14.4 Å². The molecule has 0 aliphatic carbocycles. The Bertz CT molecular complexity index is 2010. The van der Waals surface area contributed by atoms with Crippen molar-refractivity contribution in [2.24, 2.45) is 10.7 Å². The minimum Gasteiger partial charge on any atom is -0.493 e. The number of carbonyl (C=O) groups is 3. The number of rotatable bonds is 8. The fourth-order valence-corrected chi connectivity index (χ4v) is 4.66. The van der Waals surface area contributed by atoms with Crippen molar-refractivity contribution in [3.05, 3.63) is 102 Å². The van der Waals surface area contributed by atoms with E-state index in [0.717, 1.165) is 39.4 Å². The van der Waals surface area contributed by atoms with E-state index in [1.807, 2.05) is 79.7 Å². The van der Waals surface area contributed by atoms with E-state index in [0.29, 0.717) is 36.1 Å². The minimum absolute atomic E-state index is 0.199. The molecule has 13 heteroatoms. The van der Waals surface area contributed by atoms with Gasteiger partial charge in [0.1, 0.15) is 17.4 Å². The van der Waals surface area contributed by atoms with Crippen LogP contribution in [0, 0.1) is 6.92 Å². The molecular weight excluding hydrogens is 624 g/mol. The molecule has 0 saturated carbocycles. The number of primary amides is 1. The van der Waals surface area contributed by atoms with E-state index < -0.39 is 11.9 Å². The summed E-state index contributed by atoms with van der Waals surface area (Å²) in [5.41, 5.74) is 9.44. The van der Waals surface area contributed by atoms with Crippen molar-refractivity contribution in [3.63, 3.8) is 0 Å². The summed E-state index contributed by atoms with van der Waals surface area (Å²) in [6.07, 6.45) is 3.30. The number of benzene rings is 3. The smallest absolute Gasteiger partial charge is 0.324 e. The van der Waals surface area contributed by atoms with E-state index in [1.165, 1.54) is 6.92 Å². The molecule has 5 aromatic rings. The molecule has 0 aliphatic heterocycles. The number of amides is 5. The maximum Gasteiger partial charge on any atom is 0.324 e. The Kier molecular flexibility index (Phi) is 11.6. The number of hydrogen-bond donors (Lipinski definition) is 4. The van der Waals surface area contributed by atoms with Crippen molar-refractivity contribution in [1.82, 2.24) is 14.8 Å². The Labute approximate surface area is 283 Å². The van der Waals surface area contributed by atoms with Crippen LogP contribution in [-0.2, 0) is 21.4 Å². The minimum atomic E-state index is -0.665. The normalized spacial score (nSPS) is 10.6. The van der Waals surface area contributed by atoms with Gasteiger partial charge in [0.25, 0.3) is 5.91 Å². The number of hydrogen-bond acceptors (Lipinski definition) is 7. The van der Waals surface area contributed by atoms with Gasteiger partial charge in [-0.25, -0.2) is 24.0 Å². The van der Waals surface area contributed by atoms with Crippen LogP contribution in [0.1, 0.15) is 44.5 Å². The molecule has 5 N–H and O–H groups in total. The van der Waals surface area contributed by atoms with E-state index >= 15 is 0 Å². The van der Waals surface area contributed by atoms with Gasteiger partial charge in [0.15, 0.2) is 0 Å². The van der Waals surface area contributed by atoms with Gasteiger partial charge in [-0.05, 0) is 48.9 Å². The fraction of sp³-hybridized carbons (Fsp3) is 0.222. The maximum absolute atomic E-state index is 13.3. The molecule has 0 aliphatic rings. The number of aliphatic imine (C=N–C) groups is 1. The number of anilines is 3. The number of aryl methyl sites for hydroxylation is 1. The Morgan fingerprint density at radius 3 is 2.29 bits per heavy atom. The van der Waals surface area contributed by atoms with Gasteiger partial charge in [-0.3, -0.25) is 15.4 Å². The quantitative estimate of drug-likeness (QED) is 0.106. The van der Waals surface area contributed by atoms with Crippen molar-refractivity contribution in [3.8, 4) is 11.4 Å². The second kappa shape index (κ2) is 16.0. The lowest BCUT2D eigenvalue weighted by atomic mass is 9.92. The molecule has 252 valence electrons. The summed E-state index contributed by atoms with van der Waals surface area (Å²) in [4.78, 5) is 49.9. The third kappa shape index (κ3) is 10.1. The lowest BCUT2D eigenvalue weighted by molar-refractivity contribution is -0.115. The predicted molar refractivity (Wildman–Crippen MR) is 189 cm³/mol. The molecule has 0 radical (unpaired) electrons. The van der Waals surface area contributed by atoms with Crippen LogP contribution in [0.5, 0.6) is 5.75 Å². The molecule has 0 fully saturated rings. The lowest BCUT2D eigenvalue weighted by Gasteiger charge is -2.14. The maximum atomic E-state index is 13.3. The molecule has 0 unspecified atom stereocenters. The number of aromatic nitrogens is 3. The van der Waals surface area contributed by atoms with Gasteiger partial charge < -0.3 is 15.8 Å². The number of nitrogens with zero attached hydrogens (tertiary/aromatic N) is 4. The number of urea groups is 2. The van der Waals surface area contributed by atoms with E-state index in [4.69, 9.17) is 20.4 Å². The van der Waals surface area contributed by atoms with Crippen molar-refractivity contribution in [2.75, 3.05) is 22.6 Å². The SMILES string of the molecule is CC(=O)N=C=O.Cc1ccc(-n2nc(C(C)(C)C)cc2NC(=O)Nc2ccc(OCCc3ccnc(NC(N)=O)c3)c3ccccc23)cc1. The van der Waals surface area contributed by atoms with Crippen molar-refractivity contribution in [1.29, 1.82) is 0 Å². The number of ether oxygens (including phenoxy) is 1. The van der Waals surface area contributed by atoms with Crippen LogP contribution in [0.3, 0.4) is 0 Å². The second-order valence-electron chi connectivity index (χ2n) is 12.0. The number of nitrogens with two attached hydrogens (primary N) is 1. The first-order valence-electron chi connectivity index (χ1n) is 15.3. The molecule has 3 aromatic carbocycles. The average Bonchev–Trinajstić information content (AvgIpc) is 3.47. The molecule has 0 atom stereocenters. The number of fused-ring (bicyclic) bond motifs is 1. The predicted octanol–water partition coefficient (Wildman–Crippen LogP) is 6.65. The number of pyridine rings is 1. The van der Waals surface area contributed by atoms with Gasteiger partial charge >= 0.3 is 12.1 Å². The van der Waals surface area contributed by atoms with Crippen molar-refractivity contribution in [2.45, 2.75) is 46.5 Å². The topological polar surface area (TPSA) is 183 Å². The van der Waals surface area contributed by atoms with Gasteiger partial charge in [-0.1, -0.05) is 62.7 Å². The summed E-state index contributed by atoms with van der Waals surface area (Å²) in [5, 5.41) is 15.0. The first-order chi connectivity index (χ1) is 23.3. The van der Waals surface area contributed by atoms with E-state index in [1.54, 1.807) is 16.9 Å². The van der Waals surface area contributed by atoms with Gasteiger partial charge in [0.05, 0.1) is 23.7 Å². The number of isocyanates is 1. The summed E-state index contributed by atoms with van der Waals surface area (Å²) in [5.74, 6) is 1.14. The highest BCUT2D eigenvalue weighted by Gasteiger charge is 2.22. The van der Waals surface area contributed by atoms with E-state index in [-0.39, 0.29) is 11.4 Å². The molecule has 0 saturated heterocycles. The summed E-state index contributed by atoms with van der Waals surface area (Å²) in [7, 11) is 0. The highest BCUT2D eigenvalue weighted by Crippen LogP contribution is 2.32. The van der Waals surface area contributed by atoms with Gasteiger partial charge in [-0.2, -0.15) is 5.10 Å². The molecular formula is C36H38N8O5. The molecule has 49 heavy (non-hydrogen) atoms. The Morgan fingerprint density at radius 2 is 1.65 bits per heavy atom. The number of carbonyl (C=O) groups excluding carboxylic acids is 4.